The Morgan fingerprint density at radius 2 is 1.57 bits per heavy atom. The maximum absolute atomic E-state index is 13.4. The number of alkyl halides is 6. The standard InChI is InChI=1S/C20H20F6N2/c1-28(15-8-5-13(6-9-15)17-4-2-3-11-27-17)18-10-7-14(19(21,22)23)12-16(18)20(24,25)26/h5-10,12,17,27H,2-4,11H2,1H3. The van der Waals surface area contributed by atoms with E-state index in [1.165, 1.54) is 11.9 Å². The Morgan fingerprint density at radius 3 is 2.11 bits per heavy atom. The van der Waals surface area contributed by atoms with Gasteiger partial charge in [0, 0.05) is 18.8 Å². The number of halogens is 6. The number of nitrogens with one attached hydrogen (secondary N) is 1. The lowest BCUT2D eigenvalue weighted by Gasteiger charge is -2.26. The topological polar surface area (TPSA) is 15.3 Å². The highest BCUT2D eigenvalue weighted by atomic mass is 19.4. The van der Waals surface area contributed by atoms with E-state index in [1.54, 1.807) is 12.1 Å². The van der Waals surface area contributed by atoms with Crippen LogP contribution in [0.15, 0.2) is 42.5 Å². The molecule has 8 heteroatoms. The third kappa shape index (κ3) is 4.43. The second kappa shape index (κ2) is 7.66. The summed E-state index contributed by atoms with van der Waals surface area (Å²) in [5.41, 5.74) is -1.47. The average Bonchev–Trinajstić information content (AvgIpc) is 2.66. The Morgan fingerprint density at radius 1 is 0.893 bits per heavy atom. The quantitative estimate of drug-likeness (QED) is 0.606. The predicted molar refractivity (Wildman–Crippen MR) is 95.5 cm³/mol. The molecule has 1 heterocycles. The Bertz CT molecular complexity index is 805. The summed E-state index contributed by atoms with van der Waals surface area (Å²) in [5, 5.41) is 3.40. The molecule has 1 aliphatic heterocycles. The van der Waals surface area contributed by atoms with Crippen molar-refractivity contribution in [2.24, 2.45) is 0 Å². The molecule has 1 fully saturated rings. The van der Waals surface area contributed by atoms with Crippen molar-refractivity contribution >= 4 is 11.4 Å². The number of anilines is 2. The van der Waals surface area contributed by atoms with Crippen LogP contribution in [0.5, 0.6) is 0 Å². The number of rotatable bonds is 3. The molecule has 3 rings (SSSR count). The molecular formula is C20H20F6N2. The van der Waals surface area contributed by atoms with Gasteiger partial charge in [-0.1, -0.05) is 18.6 Å². The smallest absolute Gasteiger partial charge is 0.344 e. The van der Waals surface area contributed by atoms with Crippen LogP contribution >= 0.6 is 0 Å². The van der Waals surface area contributed by atoms with Gasteiger partial charge in [0.25, 0.3) is 0 Å². The molecule has 28 heavy (non-hydrogen) atoms. The maximum atomic E-state index is 13.4. The summed E-state index contributed by atoms with van der Waals surface area (Å²) in [5.74, 6) is 0. The van der Waals surface area contributed by atoms with E-state index < -0.39 is 23.5 Å². The van der Waals surface area contributed by atoms with Crippen LogP contribution < -0.4 is 10.2 Å². The lowest BCUT2D eigenvalue weighted by Crippen LogP contribution is -2.26. The highest BCUT2D eigenvalue weighted by molar-refractivity contribution is 5.67. The van der Waals surface area contributed by atoms with Crippen molar-refractivity contribution in [2.45, 2.75) is 37.7 Å². The van der Waals surface area contributed by atoms with Crippen molar-refractivity contribution in [2.75, 3.05) is 18.5 Å². The SMILES string of the molecule is CN(c1ccc(C2CCCCN2)cc1)c1ccc(C(F)(F)F)cc1C(F)(F)F. The first-order valence-corrected chi connectivity index (χ1v) is 8.93. The largest absolute Gasteiger partial charge is 0.418 e. The molecule has 0 radical (unpaired) electrons. The number of hydrogen-bond acceptors (Lipinski definition) is 2. The molecule has 1 N–H and O–H groups in total. The van der Waals surface area contributed by atoms with Gasteiger partial charge in [-0.05, 0) is 55.3 Å². The summed E-state index contributed by atoms with van der Waals surface area (Å²) >= 11 is 0. The predicted octanol–water partition coefficient (Wildman–Crippen LogP) is 6.31. The van der Waals surface area contributed by atoms with Crippen LogP contribution in [0.25, 0.3) is 0 Å². The normalized spacial score (nSPS) is 18.2. The lowest BCUT2D eigenvalue weighted by molar-refractivity contribution is -0.142. The summed E-state index contributed by atoms with van der Waals surface area (Å²) in [4.78, 5) is 1.25. The van der Waals surface area contributed by atoms with Crippen LogP contribution in [0, 0.1) is 0 Å². The van der Waals surface area contributed by atoms with Gasteiger partial charge in [-0.25, -0.2) is 0 Å². The number of piperidine rings is 1. The van der Waals surface area contributed by atoms with E-state index in [0.717, 1.165) is 37.4 Å². The van der Waals surface area contributed by atoms with Gasteiger partial charge in [-0.15, -0.1) is 0 Å². The molecule has 0 amide bonds. The van der Waals surface area contributed by atoms with Crippen molar-refractivity contribution in [1.82, 2.24) is 5.32 Å². The zero-order valence-electron chi connectivity index (χ0n) is 15.2. The Kier molecular flexibility index (Phi) is 5.61. The summed E-state index contributed by atoms with van der Waals surface area (Å²) < 4.78 is 78.7. The van der Waals surface area contributed by atoms with E-state index in [1.807, 2.05) is 12.1 Å². The summed E-state index contributed by atoms with van der Waals surface area (Å²) in [7, 11) is 1.41. The first kappa shape index (κ1) is 20.5. The van der Waals surface area contributed by atoms with Crippen molar-refractivity contribution in [3.8, 4) is 0 Å². The zero-order chi connectivity index (χ0) is 20.5. The van der Waals surface area contributed by atoms with Gasteiger partial charge in [0.15, 0.2) is 0 Å². The summed E-state index contributed by atoms with van der Waals surface area (Å²) in [6.45, 7) is 0.923. The van der Waals surface area contributed by atoms with E-state index in [9.17, 15) is 26.3 Å². The number of nitrogens with zero attached hydrogens (tertiary/aromatic N) is 1. The minimum Gasteiger partial charge on any atom is -0.344 e. The van der Waals surface area contributed by atoms with Gasteiger partial charge in [0.1, 0.15) is 0 Å². The molecule has 0 aliphatic carbocycles. The van der Waals surface area contributed by atoms with E-state index in [-0.39, 0.29) is 17.8 Å². The zero-order valence-corrected chi connectivity index (χ0v) is 15.2. The maximum Gasteiger partial charge on any atom is 0.418 e. The Hall–Kier alpha value is -2.22. The molecular weight excluding hydrogens is 382 g/mol. The minimum absolute atomic E-state index is 0.159. The molecule has 2 aromatic rings. The van der Waals surface area contributed by atoms with Gasteiger partial charge in [0.2, 0.25) is 0 Å². The van der Waals surface area contributed by atoms with Crippen molar-refractivity contribution in [3.63, 3.8) is 0 Å². The minimum atomic E-state index is -4.91. The van der Waals surface area contributed by atoms with Gasteiger partial charge in [-0.2, -0.15) is 26.3 Å². The van der Waals surface area contributed by atoms with Crippen molar-refractivity contribution in [3.05, 3.63) is 59.2 Å². The van der Waals surface area contributed by atoms with Gasteiger partial charge in [0.05, 0.1) is 16.8 Å². The summed E-state index contributed by atoms with van der Waals surface area (Å²) in [6, 6.07) is 8.95. The van der Waals surface area contributed by atoms with Crippen molar-refractivity contribution in [1.29, 1.82) is 0 Å². The van der Waals surface area contributed by atoms with Crippen LogP contribution in [-0.2, 0) is 12.4 Å². The molecule has 0 saturated carbocycles. The molecule has 1 atom stereocenters. The number of hydrogen-bond donors (Lipinski definition) is 1. The van der Waals surface area contributed by atoms with E-state index in [4.69, 9.17) is 0 Å². The third-order valence-electron chi connectivity index (χ3n) is 4.98. The fourth-order valence-corrected chi connectivity index (χ4v) is 3.44. The monoisotopic (exact) mass is 402 g/mol. The molecule has 0 bridgehead atoms. The first-order chi connectivity index (χ1) is 13.1. The Balaban J connectivity index is 1.92. The van der Waals surface area contributed by atoms with Crippen LogP contribution in [-0.4, -0.2) is 13.6 Å². The fourth-order valence-electron chi connectivity index (χ4n) is 3.44. The lowest BCUT2D eigenvalue weighted by atomic mass is 9.97. The van der Waals surface area contributed by atoms with E-state index in [0.29, 0.717) is 11.8 Å². The van der Waals surface area contributed by atoms with E-state index >= 15 is 0 Å². The van der Waals surface area contributed by atoms with Crippen molar-refractivity contribution < 1.29 is 26.3 Å². The second-order valence-electron chi connectivity index (χ2n) is 6.88. The molecule has 0 spiro atoms. The molecule has 1 saturated heterocycles. The van der Waals surface area contributed by atoms with Crippen LogP contribution in [0.1, 0.15) is 42.0 Å². The van der Waals surface area contributed by atoms with Crippen LogP contribution in [0.2, 0.25) is 0 Å². The number of benzene rings is 2. The molecule has 1 unspecified atom stereocenters. The highest BCUT2D eigenvalue weighted by Crippen LogP contribution is 2.42. The second-order valence-corrected chi connectivity index (χ2v) is 6.88. The molecule has 2 aromatic carbocycles. The third-order valence-corrected chi connectivity index (χ3v) is 4.98. The first-order valence-electron chi connectivity index (χ1n) is 8.93. The molecule has 0 aromatic heterocycles. The highest BCUT2D eigenvalue weighted by Gasteiger charge is 2.39. The Labute approximate surface area is 159 Å². The fraction of sp³-hybridized carbons (Fsp3) is 0.400. The van der Waals surface area contributed by atoms with Crippen LogP contribution in [0.3, 0.4) is 0 Å². The van der Waals surface area contributed by atoms with E-state index in [2.05, 4.69) is 5.32 Å². The van der Waals surface area contributed by atoms with Gasteiger partial charge < -0.3 is 10.2 Å². The average molecular weight is 402 g/mol. The van der Waals surface area contributed by atoms with Gasteiger partial charge in [-0.3, -0.25) is 0 Å². The van der Waals surface area contributed by atoms with Crippen LogP contribution in [0.4, 0.5) is 37.7 Å². The van der Waals surface area contributed by atoms with Gasteiger partial charge >= 0.3 is 12.4 Å². The molecule has 152 valence electrons. The summed E-state index contributed by atoms with van der Waals surface area (Å²) in [6.07, 6.45) is -6.53. The molecule has 1 aliphatic rings. The molecule has 2 nitrogen and oxygen atoms in total.